The highest BCUT2D eigenvalue weighted by molar-refractivity contribution is 7.22. The van der Waals surface area contributed by atoms with Gasteiger partial charge in [0.25, 0.3) is 0 Å². The van der Waals surface area contributed by atoms with Crippen LogP contribution in [0.2, 0.25) is 0 Å². The Kier molecular flexibility index (Phi) is 4.89. The molecule has 11 heteroatoms. The van der Waals surface area contributed by atoms with E-state index < -0.39 is 12.0 Å². The Labute approximate surface area is 167 Å². The van der Waals surface area contributed by atoms with Gasteiger partial charge in [0.2, 0.25) is 0 Å². The van der Waals surface area contributed by atoms with Gasteiger partial charge in [0.05, 0.1) is 10.2 Å². The highest BCUT2D eigenvalue weighted by Crippen LogP contribution is 2.42. The van der Waals surface area contributed by atoms with E-state index in [1.165, 1.54) is 28.7 Å². The zero-order valence-electron chi connectivity index (χ0n) is 14.8. The number of alkyl halides is 2. The number of rotatable bonds is 5. The van der Waals surface area contributed by atoms with Crippen LogP contribution < -0.4 is 20.7 Å². The molecule has 28 heavy (non-hydrogen) atoms. The van der Waals surface area contributed by atoms with Gasteiger partial charge in [-0.15, -0.1) is 11.3 Å². The van der Waals surface area contributed by atoms with Crippen molar-refractivity contribution in [3.8, 4) is 16.3 Å². The number of aromatic nitrogens is 2. The third-order valence-corrected chi connectivity index (χ3v) is 6.26. The third-order valence-electron chi connectivity index (χ3n) is 4.32. The molecule has 1 aliphatic heterocycles. The van der Waals surface area contributed by atoms with Gasteiger partial charge in [0.15, 0.2) is 5.13 Å². The van der Waals surface area contributed by atoms with Crippen LogP contribution in [0.25, 0.3) is 20.8 Å². The predicted octanol–water partition coefficient (Wildman–Crippen LogP) is 2.67. The first-order chi connectivity index (χ1) is 13.3. The van der Waals surface area contributed by atoms with E-state index in [1.807, 2.05) is 5.38 Å². The molecule has 1 saturated heterocycles. The first kappa shape index (κ1) is 19.0. The summed E-state index contributed by atoms with van der Waals surface area (Å²) in [7, 11) is 0. The van der Waals surface area contributed by atoms with Gasteiger partial charge < -0.3 is 20.7 Å². The first-order valence-corrected chi connectivity index (χ1v) is 10.2. The highest BCUT2D eigenvalue weighted by Gasteiger charge is 2.40. The number of halogens is 2. The Morgan fingerprint density at radius 1 is 1.46 bits per heavy atom. The van der Waals surface area contributed by atoms with Gasteiger partial charge in [-0.2, -0.15) is 8.78 Å². The molecule has 1 amide bonds. The Morgan fingerprint density at radius 3 is 2.96 bits per heavy atom. The number of carbonyl (C=O) groups excluding carboxylic acids is 1. The van der Waals surface area contributed by atoms with E-state index >= 15 is 0 Å². The van der Waals surface area contributed by atoms with Crippen molar-refractivity contribution in [1.82, 2.24) is 15.3 Å². The maximum Gasteiger partial charge on any atom is 0.482 e. The number of carbonyl (C=O) groups is 1. The molecule has 7 nitrogen and oxygen atoms in total. The lowest BCUT2D eigenvalue weighted by Crippen LogP contribution is -2.49. The second-order valence-electron chi connectivity index (χ2n) is 6.41. The normalized spacial score (nSPS) is 17.8. The molecule has 1 aliphatic rings. The van der Waals surface area contributed by atoms with Crippen LogP contribution in [0, 0.1) is 0 Å². The number of primary amides is 1. The zero-order valence-corrected chi connectivity index (χ0v) is 16.4. The molecule has 1 aromatic carbocycles. The molecule has 0 saturated carbocycles. The number of piperazine rings is 1. The number of nitrogens with one attached hydrogen (secondary N) is 1. The number of hydrogen-bond acceptors (Lipinski definition) is 8. The molecular formula is C17H17F2N5O2S2. The minimum Gasteiger partial charge on any atom is -0.424 e. The van der Waals surface area contributed by atoms with Crippen LogP contribution in [-0.4, -0.2) is 47.7 Å². The molecule has 1 fully saturated rings. The molecule has 0 spiro atoms. The first-order valence-electron chi connectivity index (χ1n) is 8.53. The molecule has 1 atom stereocenters. The average Bonchev–Trinajstić information content (AvgIpc) is 3.32. The number of fused-ring (bicyclic) bond motifs is 1. The van der Waals surface area contributed by atoms with Gasteiger partial charge >= 0.3 is 12.0 Å². The van der Waals surface area contributed by atoms with Crippen LogP contribution in [0.5, 0.6) is 5.75 Å². The minimum atomic E-state index is -4.11. The van der Waals surface area contributed by atoms with E-state index in [9.17, 15) is 13.6 Å². The molecule has 0 radical (unpaired) electrons. The average molecular weight is 425 g/mol. The Bertz CT molecular complexity index is 1010. The van der Waals surface area contributed by atoms with Crippen molar-refractivity contribution in [2.45, 2.75) is 19.1 Å². The number of ether oxygens (including phenoxy) is 1. The summed E-state index contributed by atoms with van der Waals surface area (Å²) in [6, 6.07) is 3.31. The quantitative estimate of drug-likeness (QED) is 0.653. The summed E-state index contributed by atoms with van der Waals surface area (Å²) in [6.45, 7) is 4.38. The monoisotopic (exact) mass is 425 g/mol. The van der Waals surface area contributed by atoms with Gasteiger partial charge in [-0.3, -0.25) is 4.79 Å². The fourth-order valence-corrected chi connectivity index (χ4v) is 4.75. The van der Waals surface area contributed by atoms with Crippen molar-refractivity contribution in [3.05, 3.63) is 23.7 Å². The van der Waals surface area contributed by atoms with E-state index in [-0.39, 0.29) is 11.8 Å². The molecule has 2 aromatic heterocycles. The van der Waals surface area contributed by atoms with Crippen molar-refractivity contribution in [2.24, 2.45) is 5.73 Å². The van der Waals surface area contributed by atoms with Crippen LogP contribution in [0.15, 0.2) is 23.7 Å². The summed E-state index contributed by atoms with van der Waals surface area (Å²) in [6.07, 6.45) is -2.44. The molecular weight excluding hydrogens is 408 g/mol. The number of benzene rings is 1. The van der Waals surface area contributed by atoms with Gasteiger partial charge in [0.1, 0.15) is 10.8 Å². The number of anilines is 1. The van der Waals surface area contributed by atoms with Crippen molar-refractivity contribution in [2.75, 3.05) is 24.5 Å². The van der Waals surface area contributed by atoms with Gasteiger partial charge in [-0.05, 0) is 19.1 Å². The maximum atomic E-state index is 13.8. The summed E-state index contributed by atoms with van der Waals surface area (Å²) in [5, 5.41) is 6.62. The standard InChI is InChI=1S/C17H17F2N5O2S2/c1-9-8-24(6-4-21-9)16-23-12-10(14-22-5-7-27-14)2-3-11(13(12)28-16)26-17(18,19)15(20)25/h2-3,5,7,9,21H,4,6,8H2,1H3,(H2,20,25)/t9-/m1/s1. The SMILES string of the molecule is C[C@@H]1CN(c2nc3c(-c4nccs4)ccc(OC(F)(F)C(N)=O)c3s2)CCN1. The van der Waals surface area contributed by atoms with E-state index in [0.29, 0.717) is 15.3 Å². The van der Waals surface area contributed by atoms with E-state index in [2.05, 4.69) is 26.9 Å². The number of amides is 1. The third kappa shape index (κ3) is 3.52. The smallest absolute Gasteiger partial charge is 0.424 e. The van der Waals surface area contributed by atoms with Gasteiger partial charge in [0, 0.05) is 42.8 Å². The fraction of sp³-hybridized carbons (Fsp3) is 0.353. The molecule has 0 unspecified atom stereocenters. The number of hydrogen-bond donors (Lipinski definition) is 2. The van der Waals surface area contributed by atoms with Crippen LogP contribution >= 0.6 is 22.7 Å². The molecule has 3 heterocycles. The van der Waals surface area contributed by atoms with Crippen molar-refractivity contribution in [1.29, 1.82) is 0 Å². The van der Waals surface area contributed by atoms with E-state index in [0.717, 1.165) is 30.2 Å². The number of thiazole rings is 2. The van der Waals surface area contributed by atoms with Crippen LogP contribution in [0.4, 0.5) is 13.9 Å². The van der Waals surface area contributed by atoms with E-state index in [1.54, 1.807) is 12.3 Å². The topological polar surface area (TPSA) is 93.4 Å². The van der Waals surface area contributed by atoms with Crippen LogP contribution in [-0.2, 0) is 4.79 Å². The summed E-state index contributed by atoms with van der Waals surface area (Å²) in [5.41, 5.74) is 6.00. The van der Waals surface area contributed by atoms with Crippen molar-refractivity contribution < 1.29 is 18.3 Å². The summed E-state index contributed by atoms with van der Waals surface area (Å²) >= 11 is 2.68. The molecule has 3 aromatic rings. The second kappa shape index (κ2) is 7.22. The van der Waals surface area contributed by atoms with Crippen LogP contribution in [0.3, 0.4) is 0 Å². The Hall–Kier alpha value is -2.37. The van der Waals surface area contributed by atoms with E-state index in [4.69, 9.17) is 10.7 Å². The Balaban J connectivity index is 1.82. The lowest BCUT2D eigenvalue weighted by Gasteiger charge is -2.31. The lowest BCUT2D eigenvalue weighted by molar-refractivity contribution is -0.188. The minimum absolute atomic E-state index is 0.133. The molecule has 148 valence electrons. The molecule has 0 bridgehead atoms. The fourth-order valence-electron chi connectivity index (χ4n) is 3.01. The largest absolute Gasteiger partial charge is 0.482 e. The second-order valence-corrected chi connectivity index (χ2v) is 8.28. The predicted molar refractivity (Wildman–Crippen MR) is 105 cm³/mol. The maximum absolute atomic E-state index is 13.8. The summed E-state index contributed by atoms with van der Waals surface area (Å²) in [5.74, 6) is -1.98. The van der Waals surface area contributed by atoms with Crippen molar-refractivity contribution in [3.63, 3.8) is 0 Å². The van der Waals surface area contributed by atoms with Crippen molar-refractivity contribution >= 4 is 43.9 Å². The number of nitrogens with zero attached hydrogens (tertiary/aromatic N) is 3. The van der Waals surface area contributed by atoms with Gasteiger partial charge in [-0.1, -0.05) is 11.3 Å². The highest BCUT2D eigenvalue weighted by atomic mass is 32.1. The van der Waals surface area contributed by atoms with Gasteiger partial charge in [-0.25, -0.2) is 9.97 Å². The molecule has 0 aliphatic carbocycles. The molecule has 4 rings (SSSR count). The van der Waals surface area contributed by atoms with Crippen LogP contribution in [0.1, 0.15) is 6.92 Å². The zero-order chi connectivity index (χ0) is 19.9. The Morgan fingerprint density at radius 2 is 2.29 bits per heavy atom. The lowest BCUT2D eigenvalue weighted by atomic mass is 10.2. The number of nitrogens with two attached hydrogens (primary N) is 1. The summed E-state index contributed by atoms with van der Waals surface area (Å²) in [4.78, 5) is 22.1. The molecule has 3 N–H and O–H groups in total. The summed E-state index contributed by atoms with van der Waals surface area (Å²) < 4.78 is 32.7.